The predicted octanol–water partition coefficient (Wildman–Crippen LogP) is 2.87. The fourth-order valence-corrected chi connectivity index (χ4v) is 5.34. The van der Waals surface area contributed by atoms with Crippen LogP contribution in [-0.4, -0.2) is 38.8 Å². The van der Waals surface area contributed by atoms with Crippen molar-refractivity contribution >= 4 is 35.3 Å². The molecule has 0 radical (unpaired) electrons. The second-order valence-corrected chi connectivity index (χ2v) is 8.38. The Morgan fingerprint density at radius 1 is 1.11 bits per heavy atom. The molecule has 2 heterocycles. The molecule has 0 atom stereocenters. The summed E-state index contributed by atoms with van der Waals surface area (Å²) < 4.78 is -0.0639. The standard InChI is InChI=1S/C14H15NO2S2/c1-14(18-7-4-8-19-14)9-15-12(16)10-5-2-3-6-11(10)13(15)17/h2-3,5-6H,4,7-9H2,1H3. The molecule has 0 aliphatic carbocycles. The van der Waals surface area contributed by atoms with Crippen molar-refractivity contribution in [1.82, 2.24) is 4.90 Å². The maximum absolute atomic E-state index is 12.3. The minimum absolute atomic E-state index is 0.0639. The molecule has 5 heteroatoms. The Balaban J connectivity index is 1.84. The summed E-state index contributed by atoms with van der Waals surface area (Å²) in [5, 5.41) is 0. The quantitative estimate of drug-likeness (QED) is 0.786. The van der Waals surface area contributed by atoms with E-state index in [9.17, 15) is 9.59 Å². The van der Waals surface area contributed by atoms with Gasteiger partial charge in [-0.05, 0) is 37.0 Å². The van der Waals surface area contributed by atoms with E-state index in [1.807, 2.05) is 23.5 Å². The fourth-order valence-electron chi connectivity index (χ4n) is 2.44. The van der Waals surface area contributed by atoms with Crippen molar-refractivity contribution in [1.29, 1.82) is 0 Å². The van der Waals surface area contributed by atoms with Crippen LogP contribution in [0.25, 0.3) is 0 Å². The van der Waals surface area contributed by atoms with Crippen molar-refractivity contribution in [3.8, 4) is 0 Å². The molecular formula is C14H15NO2S2. The van der Waals surface area contributed by atoms with E-state index in [1.165, 1.54) is 11.3 Å². The van der Waals surface area contributed by atoms with Crippen LogP contribution in [0.5, 0.6) is 0 Å². The SMILES string of the molecule is CC1(CN2C(=O)c3ccccc3C2=O)SCCCS1. The van der Waals surface area contributed by atoms with Gasteiger partial charge in [0.15, 0.2) is 0 Å². The Morgan fingerprint density at radius 3 is 2.16 bits per heavy atom. The molecule has 2 amide bonds. The van der Waals surface area contributed by atoms with Crippen LogP contribution in [0.1, 0.15) is 34.1 Å². The van der Waals surface area contributed by atoms with Gasteiger partial charge < -0.3 is 0 Å². The molecular weight excluding hydrogens is 278 g/mol. The molecule has 3 rings (SSSR count). The maximum Gasteiger partial charge on any atom is 0.261 e. The first kappa shape index (κ1) is 13.1. The minimum atomic E-state index is -0.145. The van der Waals surface area contributed by atoms with E-state index in [1.54, 1.807) is 24.3 Å². The lowest BCUT2D eigenvalue weighted by atomic mass is 10.1. The molecule has 3 nitrogen and oxygen atoms in total. The Morgan fingerprint density at radius 2 is 1.63 bits per heavy atom. The third kappa shape index (κ3) is 2.30. The zero-order chi connectivity index (χ0) is 13.5. The van der Waals surface area contributed by atoms with Gasteiger partial charge >= 0.3 is 0 Å². The Labute approximate surface area is 121 Å². The lowest BCUT2D eigenvalue weighted by molar-refractivity contribution is 0.0652. The third-order valence-corrected chi connectivity index (χ3v) is 6.60. The highest BCUT2D eigenvalue weighted by Gasteiger charge is 2.40. The Bertz CT molecular complexity index is 503. The summed E-state index contributed by atoms with van der Waals surface area (Å²) in [7, 11) is 0. The van der Waals surface area contributed by atoms with Crippen LogP contribution in [0.4, 0.5) is 0 Å². The average Bonchev–Trinajstić information content (AvgIpc) is 2.65. The zero-order valence-electron chi connectivity index (χ0n) is 10.7. The summed E-state index contributed by atoms with van der Waals surface area (Å²) in [6.07, 6.45) is 1.20. The van der Waals surface area contributed by atoms with Crippen LogP contribution >= 0.6 is 23.5 Å². The predicted molar refractivity (Wildman–Crippen MR) is 79.7 cm³/mol. The van der Waals surface area contributed by atoms with Gasteiger partial charge in [-0.2, -0.15) is 0 Å². The van der Waals surface area contributed by atoms with Crippen LogP contribution < -0.4 is 0 Å². The maximum atomic E-state index is 12.3. The molecule has 0 spiro atoms. The lowest BCUT2D eigenvalue weighted by Crippen LogP contribution is -2.41. The summed E-state index contributed by atoms with van der Waals surface area (Å²) >= 11 is 3.70. The Kier molecular flexibility index (Phi) is 3.35. The lowest BCUT2D eigenvalue weighted by Gasteiger charge is -2.34. The van der Waals surface area contributed by atoms with Crippen molar-refractivity contribution in [3.05, 3.63) is 35.4 Å². The van der Waals surface area contributed by atoms with Gasteiger partial charge in [-0.1, -0.05) is 12.1 Å². The molecule has 100 valence electrons. The number of hydrogen-bond acceptors (Lipinski definition) is 4. The summed E-state index contributed by atoms with van der Waals surface area (Å²) in [5.41, 5.74) is 1.09. The van der Waals surface area contributed by atoms with Gasteiger partial charge in [0.2, 0.25) is 0 Å². The van der Waals surface area contributed by atoms with Gasteiger partial charge in [-0.3, -0.25) is 14.5 Å². The number of rotatable bonds is 2. The van der Waals surface area contributed by atoms with Crippen molar-refractivity contribution < 1.29 is 9.59 Å². The molecule has 1 aromatic rings. The second-order valence-electron chi connectivity index (χ2n) is 4.93. The zero-order valence-corrected chi connectivity index (χ0v) is 12.4. The molecule has 0 unspecified atom stereocenters. The molecule has 0 saturated carbocycles. The number of thioether (sulfide) groups is 2. The van der Waals surface area contributed by atoms with E-state index in [4.69, 9.17) is 0 Å². The summed E-state index contributed by atoms with van der Waals surface area (Å²) in [4.78, 5) is 26.0. The molecule has 2 aliphatic rings. The number of nitrogens with zero attached hydrogens (tertiary/aromatic N) is 1. The van der Waals surface area contributed by atoms with Crippen LogP contribution in [0.3, 0.4) is 0 Å². The van der Waals surface area contributed by atoms with Gasteiger partial charge in [-0.25, -0.2) is 0 Å². The van der Waals surface area contributed by atoms with Gasteiger partial charge in [0.25, 0.3) is 11.8 Å². The monoisotopic (exact) mass is 293 g/mol. The van der Waals surface area contributed by atoms with Gasteiger partial charge in [0.05, 0.1) is 21.8 Å². The topological polar surface area (TPSA) is 37.4 Å². The van der Waals surface area contributed by atoms with Crippen LogP contribution in [0.2, 0.25) is 0 Å². The molecule has 0 bridgehead atoms. The highest BCUT2D eigenvalue weighted by atomic mass is 32.2. The van der Waals surface area contributed by atoms with E-state index < -0.39 is 0 Å². The van der Waals surface area contributed by atoms with Gasteiger partial charge in [0, 0.05) is 0 Å². The molecule has 1 fully saturated rings. The number of benzene rings is 1. The number of amides is 2. The van der Waals surface area contributed by atoms with Crippen molar-refractivity contribution in [2.24, 2.45) is 0 Å². The number of hydrogen-bond donors (Lipinski definition) is 0. The first-order valence-electron chi connectivity index (χ1n) is 6.34. The van der Waals surface area contributed by atoms with Crippen LogP contribution in [0, 0.1) is 0 Å². The van der Waals surface area contributed by atoms with E-state index in [0.29, 0.717) is 17.7 Å². The largest absolute Gasteiger partial charge is 0.272 e. The average molecular weight is 293 g/mol. The second kappa shape index (κ2) is 4.87. The van der Waals surface area contributed by atoms with E-state index in [2.05, 4.69) is 6.92 Å². The first-order valence-corrected chi connectivity index (χ1v) is 8.31. The summed E-state index contributed by atoms with van der Waals surface area (Å²) in [5.74, 6) is 1.92. The van der Waals surface area contributed by atoms with Gasteiger partial charge in [0.1, 0.15) is 0 Å². The molecule has 2 aliphatic heterocycles. The van der Waals surface area contributed by atoms with Crippen LogP contribution in [0.15, 0.2) is 24.3 Å². The fraction of sp³-hybridized carbons (Fsp3) is 0.429. The summed E-state index contributed by atoms with van der Waals surface area (Å²) in [6, 6.07) is 7.08. The third-order valence-electron chi connectivity index (χ3n) is 3.43. The van der Waals surface area contributed by atoms with Crippen molar-refractivity contribution in [3.63, 3.8) is 0 Å². The molecule has 0 aromatic heterocycles. The van der Waals surface area contributed by atoms with Crippen LogP contribution in [-0.2, 0) is 0 Å². The van der Waals surface area contributed by atoms with Crippen molar-refractivity contribution in [2.45, 2.75) is 17.4 Å². The van der Waals surface area contributed by atoms with E-state index >= 15 is 0 Å². The van der Waals surface area contributed by atoms with Gasteiger partial charge in [-0.15, -0.1) is 23.5 Å². The number of fused-ring (bicyclic) bond motifs is 1. The molecule has 1 saturated heterocycles. The first-order chi connectivity index (χ1) is 9.11. The number of carbonyl (C=O) groups is 2. The van der Waals surface area contributed by atoms with Crippen molar-refractivity contribution in [2.75, 3.05) is 18.1 Å². The molecule has 19 heavy (non-hydrogen) atoms. The number of imide groups is 1. The normalized spacial score (nSPS) is 21.6. The highest BCUT2D eigenvalue weighted by Crippen LogP contribution is 2.43. The molecule has 1 aromatic carbocycles. The molecule has 0 N–H and O–H groups in total. The van der Waals surface area contributed by atoms with E-state index in [-0.39, 0.29) is 15.9 Å². The summed E-state index contributed by atoms with van der Waals surface area (Å²) in [6.45, 7) is 2.62. The highest BCUT2D eigenvalue weighted by molar-refractivity contribution is 8.18. The smallest absolute Gasteiger partial charge is 0.261 e. The number of carbonyl (C=O) groups excluding carboxylic acids is 2. The Hall–Kier alpha value is -0.940. The minimum Gasteiger partial charge on any atom is -0.272 e. The van der Waals surface area contributed by atoms with E-state index in [0.717, 1.165) is 11.5 Å².